The van der Waals surface area contributed by atoms with Gasteiger partial charge in [-0.2, -0.15) is 0 Å². The van der Waals surface area contributed by atoms with E-state index in [1.807, 2.05) is 0 Å². The van der Waals surface area contributed by atoms with E-state index in [0.717, 1.165) is 25.7 Å². The maximum absolute atomic E-state index is 3.61. The van der Waals surface area contributed by atoms with Crippen LogP contribution < -0.4 is 10.6 Å². The smallest absolute Gasteiger partial charge is 0.00924 e. The molecule has 0 radical (unpaired) electrons. The van der Waals surface area contributed by atoms with Gasteiger partial charge in [0.2, 0.25) is 0 Å². The fourth-order valence-electron chi connectivity index (χ4n) is 5.55. The molecule has 2 atom stereocenters. The van der Waals surface area contributed by atoms with E-state index in [1.165, 1.54) is 44.0 Å². The van der Waals surface area contributed by atoms with Crippen molar-refractivity contribution in [3.63, 3.8) is 0 Å². The third-order valence-corrected chi connectivity index (χ3v) is 10.8. The van der Waals surface area contributed by atoms with Crippen LogP contribution in [0.4, 0.5) is 0 Å². The Morgan fingerprint density at radius 2 is 0.630 bits per heavy atom. The summed E-state index contributed by atoms with van der Waals surface area (Å²) in [5.74, 6) is 7.07. The first kappa shape index (κ1) is 40.6. The largest absolute Gasteiger partial charge is 0.0986 e. The molecule has 0 bridgehead atoms. The van der Waals surface area contributed by atoms with E-state index in [-0.39, 0.29) is 32.5 Å². The van der Waals surface area contributed by atoms with Crippen LogP contribution in [0, 0.1) is 23.2 Å². The van der Waals surface area contributed by atoms with Gasteiger partial charge in [-0.1, -0.05) is 172 Å². The quantitative estimate of drug-likeness (QED) is 0.170. The van der Waals surface area contributed by atoms with E-state index >= 15 is 0 Å². The van der Waals surface area contributed by atoms with Crippen molar-refractivity contribution in [1.29, 1.82) is 0 Å². The van der Waals surface area contributed by atoms with Crippen molar-refractivity contribution in [1.82, 2.24) is 0 Å². The Labute approximate surface area is 290 Å². The SMILES string of the molecule is CC(C)(C)c1cc(C(C)(C)C)c(PC#CCCCCC#CPc2c(C(C)(C)C)cc(C(C)(C)C)cc2C(C)(C)C)c(C(C)(C)C)c1. The summed E-state index contributed by atoms with van der Waals surface area (Å²) in [6, 6.07) is 9.86. The summed E-state index contributed by atoms with van der Waals surface area (Å²) in [5.41, 5.74) is 16.5. The molecule has 0 aromatic heterocycles. The molecular formula is C44H68P2. The molecule has 0 saturated heterocycles. The predicted octanol–water partition coefficient (Wildman–Crippen LogP) is 12.3. The molecule has 0 N–H and O–H groups in total. The van der Waals surface area contributed by atoms with Gasteiger partial charge in [0.1, 0.15) is 0 Å². The molecule has 2 heteroatoms. The van der Waals surface area contributed by atoms with Crippen LogP contribution >= 0.6 is 17.2 Å². The summed E-state index contributed by atoms with van der Waals surface area (Å²) in [6.45, 7) is 42.1. The topological polar surface area (TPSA) is 0 Å². The molecule has 2 aromatic carbocycles. The number of hydrogen-bond donors (Lipinski definition) is 0. The molecule has 0 amide bonds. The second kappa shape index (κ2) is 14.9. The first-order chi connectivity index (χ1) is 20.6. The van der Waals surface area contributed by atoms with Gasteiger partial charge < -0.3 is 0 Å². The Morgan fingerprint density at radius 1 is 0.391 bits per heavy atom. The number of benzene rings is 2. The fourth-order valence-corrected chi connectivity index (χ4v) is 8.55. The van der Waals surface area contributed by atoms with Gasteiger partial charge in [-0.05, 0) is 106 Å². The third kappa shape index (κ3) is 11.5. The monoisotopic (exact) mass is 658 g/mol. The molecule has 2 rings (SSSR count). The van der Waals surface area contributed by atoms with Crippen LogP contribution in [-0.4, -0.2) is 0 Å². The van der Waals surface area contributed by atoms with Gasteiger partial charge >= 0.3 is 0 Å². The van der Waals surface area contributed by atoms with Gasteiger partial charge in [0.15, 0.2) is 0 Å². The normalized spacial score (nSPS) is 13.7. The predicted molar refractivity (Wildman–Crippen MR) is 215 cm³/mol. The molecule has 254 valence electrons. The van der Waals surface area contributed by atoms with E-state index in [2.05, 4.69) is 172 Å². The van der Waals surface area contributed by atoms with Gasteiger partial charge in [-0.3, -0.25) is 0 Å². The van der Waals surface area contributed by atoms with E-state index in [0.29, 0.717) is 17.2 Å². The van der Waals surface area contributed by atoms with Crippen LogP contribution in [0.5, 0.6) is 0 Å². The molecule has 0 aliphatic heterocycles. The van der Waals surface area contributed by atoms with Crippen LogP contribution in [0.15, 0.2) is 24.3 Å². The van der Waals surface area contributed by atoms with Gasteiger partial charge in [-0.25, -0.2) is 0 Å². The average molecular weight is 659 g/mol. The van der Waals surface area contributed by atoms with Crippen molar-refractivity contribution < 1.29 is 0 Å². The number of unbranched alkanes of at least 4 members (excludes halogenated alkanes) is 3. The highest BCUT2D eigenvalue weighted by molar-refractivity contribution is 7.53. The Hall–Kier alpha value is -1.58. The minimum absolute atomic E-state index is 0.0839. The Balaban J connectivity index is 2.17. The lowest BCUT2D eigenvalue weighted by Crippen LogP contribution is -2.30. The van der Waals surface area contributed by atoms with E-state index in [9.17, 15) is 0 Å². The second-order valence-corrected chi connectivity index (χ2v) is 21.5. The van der Waals surface area contributed by atoms with Gasteiger partial charge in [-0.15, -0.1) is 0 Å². The summed E-state index contributed by atoms with van der Waals surface area (Å²) in [6.07, 6.45) is 4.11. The fraction of sp³-hybridized carbons (Fsp3) is 0.636. The molecule has 0 aliphatic carbocycles. The van der Waals surface area contributed by atoms with Crippen molar-refractivity contribution in [2.24, 2.45) is 0 Å². The van der Waals surface area contributed by atoms with E-state index in [4.69, 9.17) is 0 Å². The van der Waals surface area contributed by atoms with Crippen molar-refractivity contribution in [3.05, 3.63) is 57.6 Å². The summed E-state index contributed by atoms with van der Waals surface area (Å²) in [7, 11) is 1.04. The van der Waals surface area contributed by atoms with Crippen LogP contribution in [0.2, 0.25) is 0 Å². The lowest BCUT2D eigenvalue weighted by molar-refractivity contribution is 0.553. The third-order valence-electron chi connectivity index (χ3n) is 8.65. The van der Waals surface area contributed by atoms with Crippen LogP contribution in [0.25, 0.3) is 0 Å². The highest BCUT2D eigenvalue weighted by Crippen LogP contribution is 2.38. The van der Waals surface area contributed by atoms with Crippen LogP contribution in [0.3, 0.4) is 0 Å². The van der Waals surface area contributed by atoms with Gasteiger partial charge in [0, 0.05) is 12.8 Å². The molecule has 0 saturated carbocycles. The van der Waals surface area contributed by atoms with Crippen molar-refractivity contribution >= 4 is 27.8 Å². The van der Waals surface area contributed by atoms with Crippen molar-refractivity contribution in [3.8, 4) is 23.2 Å². The molecule has 0 aliphatic rings. The van der Waals surface area contributed by atoms with Crippen molar-refractivity contribution in [2.45, 2.75) is 183 Å². The molecule has 46 heavy (non-hydrogen) atoms. The lowest BCUT2D eigenvalue weighted by atomic mass is 9.75. The molecule has 2 unspecified atom stereocenters. The average Bonchev–Trinajstić information content (AvgIpc) is 2.85. The zero-order chi connectivity index (χ0) is 35.5. The summed E-state index contributed by atoms with van der Waals surface area (Å²) in [5, 5.41) is 2.93. The standard InChI is InChI=1S/C44H68P2/c1-39(2,3)31-27-33(41(7,8)9)37(34(28-31)42(10,11)12)45-25-23-21-19-20-22-24-26-46-38-35(43(13,14)15)29-32(40(4,5)6)30-36(38)44(16,17)18/h27-30,45-46H,19-22H2,1-18H3. The molecule has 0 fully saturated rings. The highest BCUT2D eigenvalue weighted by Gasteiger charge is 2.30. The molecule has 2 aromatic rings. The first-order valence-corrected chi connectivity index (χ1v) is 19.5. The minimum atomic E-state index is 0.0839. The minimum Gasteiger partial charge on any atom is -0.0986 e. The van der Waals surface area contributed by atoms with E-state index in [1.54, 1.807) is 0 Å². The summed E-state index contributed by atoms with van der Waals surface area (Å²) >= 11 is 0. The maximum Gasteiger partial charge on any atom is 0.00924 e. The second-order valence-electron chi connectivity index (χ2n) is 19.5. The van der Waals surface area contributed by atoms with Crippen LogP contribution in [-0.2, 0) is 32.5 Å². The van der Waals surface area contributed by atoms with Crippen LogP contribution in [0.1, 0.15) is 184 Å². The molecule has 0 nitrogen and oxygen atoms in total. The lowest BCUT2D eigenvalue weighted by Gasteiger charge is -2.33. The Morgan fingerprint density at radius 3 is 0.826 bits per heavy atom. The highest BCUT2D eigenvalue weighted by atomic mass is 31.1. The summed E-state index contributed by atoms with van der Waals surface area (Å²) in [4.78, 5) is 0. The first-order valence-electron chi connectivity index (χ1n) is 17.5. The number of rotatable bonds is 5. The molecule has 0 spiro atoms. The molecular weight excluding hydrogens is 590 g/mol. The maximum atomic E-state index is 3.61. The molecule has 0 heterocycles. The Kier molecular flexibility index (Phi) is 13.1. The van der Waals surface area contributed by atoms with E-state index < -0.39 is 0 Å². The zero-order valence-corrected chi connectivity index (χ0v) is 35.1. The number of hydrogen-bond acceptors (Lipinski definition) is 0. The van der Waals surface area contributed by atoms with Gasteiger partial charge in [0.05, 0.1) is 0 Å². The zero-order valence-electron chi connectivity index (χ0n) is 33.1. The van der Waals surface area contributed by atoms with Crippen molar-refractivity contribution in [2.75, 3.05) is 0 Å². The Bertz CT molecular complexity index is 1280. The summed E-state index contributed by atoms with van der Waals surface area (Å²) < 4.78 is 0. The van der Waals surface area contributed by atoms with Gasteiger partial charge in [0.25, 0.3) is 0 Å².